The number of anilines is 1. The van der Waals surface area contributed by atoms with Gasteiger partial charge in [0.2, 0.25) is 0 Å². The molecule has 1 aliphatic rings. The van der Waals surface area contributed by atoms with E-state index < -0.39 is 6.10 Å². The average Bonchev–Trinajstić information content (AvgIpc) is 3.11. The zero-order valence-corrected chi connectivity index (χ0v) is 15.5. The van der Waals surface area contributed by atoms with Crippen LogP contribution in [-0.4, -0.2) is 35.8 Å². The molecule has 4 aromatic rings. The molecular weight excluding hydrogens is 358 g/mol. The van der Waals surface area contributed by atoms with Crippen molar-refractivity contribution in [3.05, 3.63) is 53.9 Å². The predicted molar refractivity (Wildman–Crippen MR) is 105 cm³/mol. The summed E-state index contributed by atoms with van der Waals surface area (Å²) in [5.74, 6) is 2.00. The molecule has 0 saturated heterocycles. The zero-order valence-electron chi connectivity index (χ0n) is 15.5. The van der Waals surface area contributed by atoms with Gasteiger partial charge >= 0.3 is 0 Å². The fraction of sp³-hybridized carbons (Fsp3) is 0.238. The maximum absolute atomic E-state index is 10.9. The standard InChI is InChI=1S/C21H19N3O4/c1-26-15-7-8-17(27-2)18-13(15)9-24(10-14(18)25)21-20-19(22-11-23-21)12-5-3-4-6-16(12)28-20/h3-8,11,14,25H,9-10H2,1-2H3/t14-/m0/s1. The Morgan fingerprint density at radius 3 is 2.68 bits per heavy atom. The molecule has 1 aliphatic heterocycles. The first-order chi connectivity index (χ1) is 13.7. The number of fused-ring (bicyclic) bond motifs is 4. The molecular formula is C21H19N3O4. The molecule has 7 nitrogen and oxygen atoms in total. The third-order valence-corrected chi connectivity index (χ3v) is 5.23. The second-order valence-electron chi connectivity index (χ2n) is 6.73. The summed E-state index contributed by atoms with van der Waals surface area (Å²) < 4.78 is 17.0. The van der Waals surface area contributed by atoms with Crippen LogP contribution >= 0.6 is 0 Å². The van der Waals surface area contributed by atoms with Crippen LogP contribution < -0.4 is 14.4 Å². The van der Waals surface area contributed by atoms with Gasteiger partial charge in [-0.2, -0.15) is 0 Å². The van der Waals surface area contributed by atoms with E-state index in [-0.39, 0.29) is 0 Å². The van der Waals surface area contributed by atoms with Gasteiger partial charge in [0.25, 0.3) is 0 Å². The first-order valence-corrected chi connectivity index (χ1v) is 9.00. The molecule has 0 unspecified atom stereocenters. The largest absolute Gasteiger partial charge is 0.496 e. The van der Waals surface area contributed by atoms with Crippen LogP contribution in [0.2, 0.25) is 0 Å². The number of hydrogen-bond donors (Lipinski definition) is 1. The first-order valence-electron chi connectivity index (χ1n) is 9.00. The molecule has 7 heteroatoms. The Morgan fingerprint density at radius 2 is 1.86 bits per heavy atom. The summed E-state index contributed by atoms with van der Waals surface area (Å²) in [5.41, 5.74) is 3.77. The highest BCUT2D eigenvalue weighted by Gasteiger charge is 2.32. The summed E-state index contributed by atoms with van der Waals surface area (Å²) in [6.07, 6.45) is 0.785. The number of para-hydroxylation sites is 1. The number of methoxy groups -OCH3 is 2. The molecule has 0 fully saturated rings. The number of aliphatic hydroxyl groups is 1. The lowest BCUT2D eigenvalue weighted by Crippen LogP contribution is -2.34. The van der Waals surface area contributed by atoms with Gasteiger partial charge in [-0.15, -0.1) is 0 Å². The lowest BCUT2D eigenvalue weighted by molar-refractivity contribution is 0.169. The minimum Gasteiger partial charge on any atom is -0.496 e. The monoisotopic (exact) mass is 377 g/mol. The number of hydrogen-bond acceptors (Lipinski definition) is 7. The molecule has 0 radical (unpaired) electrons. The third-order valence-electron chi connectivity index (χ3n) is 5.23. The van der Waals surface area contributed by atoms with Crippen molar-refractivity contribution in [2.75, 3.05) is 25.7 Å². The minimum atomic E-state index is -0.747. The second kappa shape index (κ2) is 6.38. The van der Waals surface area contributed by atoms with E-state index in [1.165, 1.54) is 6.33 Å². The highest BCUT2D eigenvalue weighted by atomic mass is 16.5. The Balaban J connectivity index is 1.66. The molecule has 2 aromatic carbocycles. The van der Waals surface area contributed by atoms with E-state index in [1.807, 2.05) is 41.3 Å². The van der Waals surface area contributed by atoms with Crippen molar-refractivity contribution >= 4 is 27.9 Å². The number of aliphatic hydroxyl groups excluding tert-OH is 1. The van der Waals surface area contributed by atoms with Gasteiger partial charge in [0.1, 0.15) is 35.0 Å². The Kier molecular flexibility index (Phi) is 3.84. The smallest absolute Gasteiger partial charge is 0.196 e. The van der Waals surface area contributed by atoms with Crippen molar-refractivity contribution in [2.24, 2.45) is 0 Å². The van der Waals surface area contributed by atoms with Gasteiger partial charge in [0, 0.05) is 23.1 Å². The van der Waals surface area contributed by atoms with Crippen molar-refractivity contribution in [3.63, 3.8) is 0 Å². The van der Waals surface area contributed by atoms with Crippen LogP contribution in [0.5, 0.6) is 11.5 Å². The SMILES string of the molecule is COc1ccc(OC)c2c1CN(c1ncnc3c1oc1ccccc13)C[C@@H]2O. The van der Waals surface area contributed by atoms with Gasteiger partial charge in [-0.1, -0.05) is 12.1 Å². The number of aromatic nitrogens is 2. The fourth-order valence-corrected chi connectivity index (χ4v) is 3.97. The molecule has 28 heavy (non-hydrogen) atoms. The van der Waals surface area contributed by atoms with Crippen LogP contribution in [0.1, 0.15) is 17.2 Å². The van der Waals surface area contributed by atoms with E-state index in [0.29, 0.717) is 36.0 Å². The topological polar surface area (TPSA) is 80.9 Å². The Morgan fingerprint density at radius 1 is 1.07 bits per heavy atom. The Bertz CT molecular complexity index is 1190. The third kappa shape index (κ3) is 2.40. The summed E-state index contributed by atoms with van der Waals surface area (Å²) in [6, 6.07) is 11.4. The quantitative estimate of drug-likeness (QED) is 0.586. The van der Waals surface area contributed by atoms with E-state index in [1.54, 1.807) is 14.2 Å². The highest BCUT2D eigenvalue weighted by Crippen LogP contribution is 2.42. The van der Waals surface area contributed by atoms with E-state index in [0.717, 1.165) is 27.6 Å². The maximum Gasteiger partial charge on any atom is 0.196 e. The summed E-state index contributed by atoms with van der Waals surface area (Å²) in [4.78, 5) is 10.9. The molecule has 1 atom stereocenters. The fourth-order valence-electron chi connectivity index (χ4n) is 3.97. The summed E-state index contributed by atoms with van der Waals surface area (Å²) >= 11 is 0. The van der Waals surface area contributed by atoms with Crippen LogP contribution in [0, 0.1) is 0 Å². The van der Waals surface area contributed by atoms with Gasteiger partial charge in [0.05, 0.1) is 20.8 Å². The molecule has 142 valence electrons. The molecule has 2 aromatic heterocycles. The van der Waals surface area contributed by atoms with E-state index in [9.17, 15) is 5.11 Å². The van der Waals surface area contributed by atoms with Gasteiger partial charge in [0.15, 0.2) is 11.4 Å². The van der Waals surface area contributed by atoms with Crippen LogP contribution in [0.15, 0.2) is 47.1 Å². The van der Waals surface area contributed by atoms with Gasteiger partial charge in [-0.25, -0.2) is 9.97 Å². The van der Waals surface area contributed by atoms with Gasteiger partial charge in [-0.3, -0.25) is 0 Å². The second-order valence-corrected chi connectivity index (χ2v) is 6.73. The van der Waals surface area contributed by atoms with Gasteiger partial charge in [-0.05, 0) is 24.3 Å². The van der Waals surface area contributed by atoms with Crippen molar-refractivity contribution in [1.29, 1.82) is 0 Å². The average molecular weight is 377 g/mol. The molecule has 0 bridgehead atoms. The lowest BCUT2D eigenvalue weighted by atomic mass is 9.95. The zero-order chi connectivity index (χ0) is 19.3. The highest BCUT2D eigenvalue weighted by molar-refractivity contribution is 6.05. The molecule has 0 amide bonds. The van der Waals surface area contributed by atoms with Gasteiger partial charge < -0.3 is 23.9 Å². The Hall–Kier alpha value is -3.32. The van der Waals surface area contributed by atoms with Crippen molar-refractivity contribution in [1.82, 2.24) is 9.97 Å². The molecule has 0 aliphatic carbocycles. The predicted octanol–water partition coefficient (Wildman–Crippen LogP) is 3.45. The number of rotatable bonds is 3. The van der Waals surface area contributed by atoms with Crippen molar-refractivity contribution < 1.29 is 19.0 Å². The number of ether oxygens (including phenoxy) is 2. The van der Waals surface area contributed by atoms with Crippen LogP contribution in [0.3, 0.4) is 0 Å². The van der Waals surface area contributed by atoms with Crippen molar-refractivity contribution in [2.45, 2.75) is 12.6 Å². The summed E-state index contributed by atoms with van der Waals surface area (Å²) in [5, 5.41) is 11.8. The molecule has 3 heterocycles. The van der Waals surface area contributed by atoms with Crippen LogP contribution in [0.25, 0.3) is 22.1 Å². The number of nitrogens with zero attached hydrogens (tertiary/aromatic N) is 3. The Labute approximate surface area is 161 Å². The lowest BCUT2D eigenvalue weighted by Gasteiger charge is -2.34. The molecule has 0 spiro atoms. The van der Waals surface area contributed by atoms with E-state index in [4.69, 9.17) is 13.9 Å². The van der Waals surface area contributed by atoms with E-state index >= 15 is 0 Å². The normalized spacial score (nSPS) is 16.4. The van der Waals surface area contributed by atoms with E-state index in [2.05, 4.69) is 9.97 Å². The summed E-state index contributed by atoms with van der Waals surface area (Å²) in [6.45, 7) is 0.871. The number of benzene rings is 2. The number of furan rings is 1. The van der Waals surface area contributed by atoms with Crippen molar-refractivity contribution in [3.8, 4) is 11.5 Å². The van der Waals surface area contributed by atoms with Crippen LogP contribution in [-0.2, 0) is 6.54 Å². The maximum atomic E-state index is 10.9. The number of β-amino-alcohol motifs (C(OH)–C–C–N with tert-alkyl or cyclic N) is 1. The molecule has 5 rings (SSSR count). The first kappa shape index (κ1) is 16.8. The molecule has 0 saturated carbocycles. The minimum absolute atomic E-state index is 0.361. The van der Waals surface area contributed by atoms with Crippen LogP contribution in [0.4, 0.5) is 5.82 Å². The summed E-state index contributed by atoms with van der Waals surface area (Å²) in [7, 11) is 3.22. The molecule has 1 N–H and O–H groups in total.